The molecule has 4 heteroatoms. The monoisotopic (exact) mass is 413 g/mol. The maximum Gasteiger partial charge on any atom is 0.258 e. The molecule has 4 nitrogen and oxygen atoms in total. The fourth-order valence-corrected chi connectivity index (χ4v) is 3.96. The van der Waals surface area contributed by atoms with E-state index in [1.54, 1.807) is 4.57 Å². The lowest BCUT2D eigenvalue weighted by Gasteiger charge is -2.20. The molecule has 0 aliphatic heterocycles. The lowest BCUT2D eigenvalue weighted by Crippen LogP contribution is -2.27. The maximum atomic E-state index is 13.4. The largest absolute Gasteiger partial charge is 0.489 e. The van der Waals surface area contributed by atoms with Crippen molar-refractivity contribution in [1.29, 1.82) is 0 Å². The Morgan fingerprint density at radius 3 is 2.23 bits per heavy atom. The summed E-state index contributed by atoms with van der Waals surface area (Å²) in [5, 5.41) is 11.7. The molecular formula is C27H27NO3. The van der Waals surface area contributed by atoms with E-state index in [0.717, 1.165) is 22.1 Å². The molecule has 0 aliphatic rings. The van der Waals surface area contributed by atoms with Gasteiger partial charge in [0.15, 0.2) is 0 Å². The Morgan fingerprint density at radius 1 is 0.903 bits per heavy atom. The highest BCUT2D eigenvalue weighted by molar-refractivity contribution is 5.98. The highest BCUT2D eigenvalue weighted by Gasteiger charge is 2.18. The van der Waals surface area contributed by atoms with Crippen LogP contribution in [0, 0.1) is 5.92 Å². The van der Waals surface area contributed by atoms with Gasteiger partial charge < -0.3 is 14.4 Å². The molecule has 0 aliphatic carbocycles. The standard InChI is InChI=1S/C27H27NO3/c1-19(2)16-28-25(17-29)26(21-11-7-4-8-12-21)23-14-13-22(15-24(23)27(28)30)31-18-20-9-5-3-6-10-20/h3-15,19,29H,16-18H2,1-2H3. The van der Waals surface area contributed by atoms with Gasteiger partial charge in [-0.3, -0.25) is 4.79 Å². The van der Waals surface area contributed by atoms with E-state index in [1.165, 1.54) is 0 Å². The second-order valence-electron chi connectivity index (χ2n) is 8.14. The minimum atomic E-state index is -0.200. The molecule has 4 aromatic rings. The number of nitrogens with zero attached hydrogens (tertiary/aromatic N) is 1. The Hall–Kier alpha value is -3.37. The fraction of sp³-hybridized carbons (Fsp3) is 0.222. The first-order valence-corrected chi connectivity index (χ1v) is 10.6. The summed E-state index contributed by atoms with van der Waals surface area (Å²) in [6.45, 7) is 4.92. The molecule has 0 unspecified atom stereocenters. The molecule has 0 atom stereocenters. The van der Waals surface area contributed by atoms with E-state index in [1.807, 2.05) is 78.9 Å². The molecular weight excluding hydrogens is 386 g/mol. The zero-order valence-corrected chi connectivity index (χ0v) is 17.9. The van der Waals surface area contributed by atoms with Crippen molar-refractivity contribution < 1.29 is 9.84 Å². The van der Waals surface area contributed by atoms with Gasteiger partial charge in [0.25, 0.3) is 5.56 Å². The number of aromatic nitrogens is 1. The number of aliphatic hydroxyl groups is 1. The summed E-state index contributed by atoms with van der Waals surface area (Å²) in [5.41, 5.74) is 3.49. The van der Waals surface area contributed by atoms with Gasteiger partial charge >= 0.3 is 0 Å². The van der Waals surface area contributed by atoms with Crippen molar-refractivity contribution in [1.82, 2.24) is 4.57 Å². The SMILES string of the molecule is CC(C)Cn1c(CO)c(-c2ccccc2)c2ccc(OCc3ccccc3)cc2c1=O. The Kier molecular flexibility index (Phi) is 6.19. The first-order valence-electron chi connectivity index (χ1n) is 10.6. The van der Waals surface area contributed by atoms with Crippen LogP contribution in [0.15, 0.2) is 83.7 Å². The van der Waals surface area contributed by atoms with Crippen molar-refractivity contribution in [3.05, 3.63) is 100 Å². The highest BCUT2D eigenvalue weighted by atomic mass is 16.5. The van der Waals surface area contributed by atoms with Crippen LogP contribution in [0.4, 0.5) is 0 Å². The third-order valence-corrected chi connectivity index (χ3v) is 5.36. The minimum absolute atomic E-state index is 0.0995. The first kappa shape index (κ1) is 20.9. The Labute approximate surface area is 182 Å². The summed E-state index contributed by atoms with van der Waals surface area (Å²) in [7, 11) is 0. The van der Waals surface area contributed by atoms with Crippen molar-refractivity contribution in [2.75, 3.05) is 0 Å². The number of rotatable bonds is 7. The normalized spacial score (nSPS) is 11.2. The van der Waals surface area contributed by atoms with Crippen LogP contribution in [0.3, 0.4) is 0 Å². The molecule has 0 radical (unpaired) electrons. The van der Waals surface area contributed by atoms with Crippen LogP contribution in [0.1, 0.15) is 25.1 Å². The van der Waals surface area contributed by atoms with Crippen LogP contribution >= 0.6 is 0 Å². The summed E-state index contributed by atoms with van der Waals surface area (Å²) in [6, 6.07) is 25.5. The summed E-state index contributed by atoms with van der Waals surface area (Å²) >= 11 is 0. The predicted molar refractivity (Wildman–Crippen MR) is 125 cm³/mol. The molecule has 1 heterocycles. The van der Waals surface area contributed by atoms with E-state index >= 15 is 0 Å². The Balaban J connectivity index is 1.88. The number of pyridine rings is 1. The second-order valence-corrected chi connectivity index (χ2v) is 8.14. The molecule has 0 bridgehead atoms. The smallest absolute Gasteiger partial charge is 0.258 e. The number of hydrogen-bond donors (Lipinski definition) is 1. The van der Waals surface area contributed by atoms with Gasteiger partial charge in [0.05, 0.1) is 17.7 Å². The molecule has 1 aromatic heterocycles. The molecule has 3 aromatic carbocycles. The molecule has 31 heavy (non-hydrogen) atoms. The zero-order valence-electron chi connectivity index (χ0n) is 17.9. The van der Waals surface area contributed by atoms with E-state index in [2.05, 4.69) is 13.8 Å². The number of aliphatic hydroxyl groups excluding tert-OH is 1. The summed E-state index contributed by atoms with van der Waals surface area (Å²) in [6.07, 6.45) is 0. The number of ether oxygens (including phenoxy) is 1. The summed E-state index contributed by atoms with van der Waals surface area (Å²) in [4.78, 5) is 13.4. The van der Waals surface area contributed by atoms with Gasteiger partial charge in [0.1, 0.15) is 12.4 Å². The molecule has 1 N–H and O–H groups in total. The van der Waals surface area contributed by atoms with Crippen LogP contribution in [-0.2, 0) is 19.8 Å². The van der Waals surface area contributed by atoms with E-state index in [-0.39, 0.29) is 18.1 Å². The maximum absolute atomic E-state index is 13.4. The van der Waals surface area contributed by atoms with Crippen molar-refractivity contribution in [3.8, 4) is 16.9 Å². The van der Waals surface area contributed by atoms with Crippen LogP contribution in [0.25, 0.3) is 21.9 Å². The zero-order chi connectivity index (χ0) is 21.8. The Bertz CT molecular complexity index is 1230. The van der Waals surface area contributed by atoms with E-state index in [4.69, 9.17) is 4.74 Å². The molecule has 0 saturated carbocycles. The molecule has 4 rings (SSSR count). The van der Waals surface area contributed by atoms with Crippen molar-refractivity contribution >= 4 is 10.8 Å². The lowest BCUT2D eigenvalue weighted by molar-refractivity contribution is 0.267. The first-order chi connectivity index (χ1) is 15.1. The average Bonchev–Trinajstić information content (AvgIpc) is 2.80. The number of fused-ring (bicyclic) bond motifs is 1. The van der Waals surface area contributed by atoms with Gasteiger partial charge in [0.2, 0.25) is 0 Å². The van der Waals surface area contributed by atoms with E-state index in [0.29, 0.717) is 30.0 Å². The Morgan fingerprint density at radius 2 is 1.58 bits per heavy atom. The van der Waals surface area contributed by atoms with Crippen LogP contribution < -0.4 is 10.3 Å². The molecule has 0 spiro atoms. The third-order valence-electron chi connectivity index (χ3n) is 5.36. The van der Waals surface area contributed by atoms with E-state index < -0.39 is 0 Å². The third kappa shape index (κ3) is 4.39. The second kappa shape index (κ2) is 9.19. The highest BCUT2D eigenvalue weighted by Crippen LogP contribution is 2.33. The summed E-state index contributed by atoms with van der Waals surface area (Å²) in [5.74, 6) is 0.918. The van der Waals surface area contributed by atoms with Crippen molar-refractivity contribution in [2.45, 2.75) is 33.6 Å². The van der Waals surface area contributed by atoms with Crippen molar-refractivity contribution in [2.24, 2.45) is 5.92 Å². The fourth-order valence-electron chi connectivity index (χ4n) is 3.96. The number of benzene rings is 3. The average molecular weight is 414 g/mol. The van der Waals surface area contributed by atoms with Gasteiger partial charge in [-0.15, -0.1) is 0 Å². The van der Waals surface area contributed by atoms with Crippen LogP contribution in [0.5, 0.6) is 5.75 Å². The molecule has 158 valence electrons. The minimum Gasteiger partial charge on any atom is -0.489 e. The van der Waals surface area contributed by atoms with Crippen LogP contribution in [0.2, 0.25) is 0 Å². The van der Waals surface area contributed by atoms with Gasteiger partial charge in [-0.25, -0.2) is 0 Å². The predicted octanol–water partition coefficient (Wildman–Crippen LogP) is 5.40. The number of hydrogen-bond acceptors (Lipinski definition) is 3. The summed E-state index contributed by atoms with van der Waals surface area (Å²) < 4.78 is 7.70. The van der Waals surface area contributed by atoms with Crippen molar-refractivity contribution in [3.63, 3.8) is 0 Å². The topological polar surface area (TPSA) is 51.5 Å². The molecule has 0 saturated heterocycles. The molecule has 0 fully saturated rings. The van der Waals surface area contributed by atoms with E-state index in [9.17, 15) is 9.90 Å². The van der Waals surface area contributed by atoms with Gasteiger partial charge in [-0.05, 0) is 40.6 Å². The van der Waals surface area contributed by atoms with Crippen LogP contribution in [-0.4, -0.2) is 9.67 Å². The molecule has 0 amide bonds. The lowest BCUT2D eigenvalue weighted by atomic mass is 9.96. The van der Waals surface area contributed by atoms with Gasteiger partial charge in [-0.2, -0.15) is 0 Å². The van der Waals surface area contributed by atoms with Gasteiger partial charge in [-0.1, -0.05) is 74.5 Å². The quantitative estimate of drug-likeness (QED) is 0.442. The van der Waals surface area contributed by atoms with Gasteiger partial charge in [0, 0.05) is 12.1 Å².